The lowest BCUT2D eigenvalue weighted by molar-refractivity contribution is 0.0725. The predicted octanol–water partition coefficient (Wildman–Crippen LogP) is 3.78. The van der Waals surface area contributed by atoms with Gasteiger partial charge in [0.15, 0.2) is 0 Å². The van der Waals surface area contributed by atoms with Crippen molar-refractivity contribution in [3.8, 4) is 5.75 Å². The maximum atomic E-state index is 12.8. The van der Waals surface area contributed by atoms with Crippen LogP contribution in [0.2, 0.25) is 5.02 Å². The van der Waals surface area contributed by atoms with Gasteiger partial charge < -0.3 is 9.64 Å². The van der Waals surface area contributed by atoms with Crippen molar-refractivity contribution >= 4 is 33.2 Å². The van der Waals surface area contributed by atoms with Crippen molar-refractivity contribution in [2.24, 2.45) is 0 Å². The molecular weight excluding hydrogens is 388 g/mol. The van der Waals surface area contributed by atoms with Gasteiger partial charge in [0, 0.05) is 13.1 Å². The van der Waals surface area contributed by atoms with Crippen LogP contribution in [-0.2, 0) is 10.0 Å². The highest BCUT2D eigenvalue weighted by molar-refractivity contribution is 7.92. The lowest BCUT2D eigenvalue weighted by atomic mass is 10.1. The van der Waals surface area contributed by atoms with E-state index < -0.39 is 10.0 Å². The molecule has 0 unspecified atom stereocenters. The Hall–Kier alpha value is -2.25. The molecule has 0 saturated carbocycles. The average molecular weight is 409 g/mol. The maximum Gasteiger partial charge on any atom is 0.261 e. The van der Waals surface area contributed by atoms with E-state index in [4.69, 9.17) is 16.3 Å². The molecule has 0 aromatic heterocycles. The molecule has 3 rings (SSSR count). The zero-order valence-corrected chi connectivity index (χ0v) is 16.5. The van der Waals surface area contributed by atoms with Crippen LogP contribution in [0.15, 0.2) is 47.4 Å². The first-order valence-corrected chi connectivity index (χ1v) is 10.5. The van der Waals surface area contributed by atoms with E-state index in [2.05, 4.69) is 4.72 Å². The van der Waals surface area contributed by atoms with Crippen molar-refractivity contribution in [2.75, 3.05) is 24.9 Å². The highest BCUT2D eigenvalue weighted by atomic mass is 35.5. The third-order valence-corrected chi connectivity index (χ3v) is 6.14. The van der Waals surface area contributed by atoms with E-state index in [1.54, 1.807) is 29.2 Å². The Bertz CT molecular complexity index is 940. The van der Waals surface area contributed by atoms with Crippen molar-refractivity contribution in [1.82, 2.24) is 4.90 Å². The fraction of sp³-hybridized carbons (Fsp3) is 0.316. The van der Waals surface area contributed by atoms with Gasteiger partial charge in [-0.05, 0) is 49.6 Å². The Morgan fingerprint density at radius 3 is 2.48 bits per heavy atom. The summed E-state index contributed by atoms with van der Waals surface area (Å²) in [5.41, 5.74) is 0.586. The van der Waals surface area contributed by atoms with Gasteiger partial charge in [0.1, 0.15) is 5.75 Å². The standard InChI is InChI=1S/C19H21ClN2O4S/c1-26-18-10-9-14(13-16(18)20)27(24,25)21-17-8-4-3-7-15(17)19(23)22-11-5-2-6-12-22/h3-4,7-10,13,21H,2,5-6,11-12H2,1H3. The van der Waals surface area contributed by atoms with Gasteiger partial charge in [-0.2, -0.15) is 0 Å². The number of para-hydroxylation sites is 1. The number of sulfonamides is 1. The number of hydrogen-bond donors (Lipinski definition) is 1. The quantitative estimate of drug-likeness (QED) is 0.816. The van der Waals surface area contributed by atoms with Gasteiger partial charge in [-0.3, -0.25) is 9.52 Å². The van der Waals surface area contributed by atoms with Crippen molar-refractivity contribution in [2.45, 2.75) is 24.2 Å². The van der Waals surface area contributed by atoms with E-state index in [1.807, 2.05) is 0 Å². The van der Waals surface area contributed by atoms with Crippen LogP contribution in [0.4, 0.5) is 5.69 Å². The number of hydrogen-bond acceptors (Lipinski definition) is 4. The molecule has 6 nitrogen and oxygen atoms in total. The van der Waals surface area contributed by atoms with Crippen LogP contribution < -0.4 is 9.46 Å². The molecule has 2 aromatic rings. The molecule has 1 aliphatic rings. The van der Waals surface area contributed by atoms with Crippen LogP contribution in [0.5, 0.6) is 5.75 Å². The van der Waals surface area contributed by atoms with E-state index in [-0.39, 0.29) is 21.5 Å². The van der Waals surface area contributed by atoms with Crippen LogP contribution in [0, 0.1) is 0 Å². The Morgan fingerprint density at radius 1 is 1.11 bits per heavy atom. The second-order valence-corrected chi connectivity index (χ2v) is 8.39. The summed E-state index contributed by atoms with van der Waals surface area (Å²) in [5, 5.41) is 0.193. The summed E-state index contributed by atoms with van der Waals surface area (Å²) in [5.74, 6) is 0.219. The largest absolute Gasteiger partial charge is 0.495 e. The third-order valence-electron chi connectivity index (χ3n) is 4.48. The van der Waals surface area contributed by atoms with Crippen molar-refractivity contribution in [3.05, 3.63) is 53.1 Å². The smallest absolute Gasteiger partial charge is 0.261 e. The molecule has 1 N–H and O–H groups in total. The van der Waals surface area contributed by atoms with Gasteiger partial charge in [0.25, 0.3) is 15.9 Å². The second-order valence-electron chi connectivity index (χ2n) is 6.30. The number of carbonyl (C=O) groups is 1. The summed E-state index contributed by atoms with van der Waals surface area (Å²) in [4.78, 5) is 14.6. The molecule has 2 aromatic carbocycles. The minimum atomic E-state index is -3.91. The van der Waals surface area contributed by atoms with Gasteiger partial charge >= 0.3 is 0 Å². The van der Waals surface area contributed by atoms with E-state index in [1.165, 1.54) is 25.3 Å². The van der Waals surface area contributed by atoms with E-state index in [0.717, 1.165) is 19.3 Å². The van der Waals surface area contributed by atoms with Crippen LogP contribution in [0.3, 0.4) is 0 Å². The number of benzene rings is 2. The summed E-state index contributed by atoms with van der Waals surface area (Å²) in [6.45, 7) is 1.38. The monoisotopic (exact) mass is 408 g/mol. The summed E-state index contributed by atoms with van der Waals surface area (Å²) in [7, 11) is -2.45. The molecular formula is C19H21ClN2O4S. The van der Waals surface area contributed by atoms with Gasteiger partial charge in [-0.25, -0.2) is 8.42 Å². The number of carbonyl (C=O) groups excluding carboxylic acids is 1. The summed E-state index contributed by atoms with van der Waals surface area (Å²) >= 11 is 6.04. The Balaban J connectivity index is 1.89. The molecule has 0 atom stereocenters. The maximum absolute atomic E-state index is 12.8. The topological polar surface area (TPSA) is 75.7 Å². The highest BCUT2D eigenvalue weighted by Crippen LogP contribution is 2.29. The molecule has 0 aliphatic carbocycles. The average Bonchev–Trinajstić information content (AvgIpc) is 2.68. The SMILES string of the molecule is COc1ccc(S(=O)(=O)Nc2ccccc2C(=O)N2CCCCC2)cc1Cl. The summed E-state index contributed by atoms with van der Waals surface area (Å²) in [6.07, 6.45) is 3.03. The normalized spacial score (nSPS) is 14.7. The van der Waals surface area contributed by atoms with Crippen LogP contribution in [0.25, 0.3) is 0 Å². The molecule has 0 spiro atoms. The van der Waals surface area contributed by atoms with Gasteiger partial charge in [-0.15, -0.1) is 0 Å². The number of nitrogens with one attached hydrogen (secondary N) is 1. The zero-order chi connectivity index (χ0) is 19.4. The first-order valence-electron chi connectivity index (χ1n) is 8.67. The first kappa shape index (κ1) is 19.5. The number of anilines is 1. The molecule has 1 aliphatic heterocycles. The molecule has 1 heterocycles. The lowest BCUT2D eigenvalue weighted by Crippen LogP contribution is -2.36. The molecule has 0 radical (unpaired) electrons. The fourth-order valence-corrected chi connectivity index (χ4v) is 4.47. The molecule has 27 heavy (non-hydrogen) atoms. The van der Waals surface area contributed by atoms with E-state index >= 15 is 0 Å². The molecule has 1 amide bonds. The number of piperidine rings is 1. The number of likely N-dealkylation sites (tertiary alicyclic amines) is 1. The van der Waals surface area contributed by atoms with Crippen LogP contribution in [-0.4, -0.2) is 39.4 Å². The number of rotatable bonds is 5. The lowest BCUT2D eigenvalue weighted by Gasteiger charge is -2.27. The number of methoxy groups -OCH3 is 1. The first-order chi connectivity index (χ1) is 12.9. The molecule has 1 fully saturated rings. The second kappa shape index (κ2) is 8.19. The molecule has 1 saturated heterocycles. The van der Waals surface area contributed by atoms with E-state index in [9.17, 15) is 13.2 Å². The highest BCUT2D eigenvalue weighted by Gasteiger charge is 2.23. The number of ether oxygens (including phenoxy) is 1. The summed E-state index contributed by atoms with van der Waals surface area (Å²) in [6, 6.07) is 10.8. The number of halogens is 1. The van der Waals surface area contributed by atoms with Gasteiger partial charge in [0.2, 0.25) is 0 Å². The predicted molar refractivity (Wildman–Crippen MR) is 105 cm³/mol. The van der Waals surface area contributed by atoms with E-state index in [0.29, 0.717) is 24.4 Å². The minimum absolute atomic E-state index is 0.00600. The summed E-state index contributed by atoms with van der Waals surface area (Å²) < 4.78 is 33.1. The third kappa shape index (κ3) is 4.36. The number of nitrogens with zero attached hydrogens (tertiary/aromatic N) is 1. The van der Waals surface area contributed by atoms with Crippen molar-refractivity contribution in [1.29, 1.82) is 0 Å². The Labute approximate surface area is 164 Å². The van der Waals surface area contributed by atoms with Gasteiger partial charge in [0.05, 0.1) is 28.3 Å². The minimum Gasteiger partial charge on any atom is -0.495 e. The Kier molecular flexibility index (Phi) is 5.92. The van der Waals surface area contributed by atoms with Crippen LogP contribution >= 0.6 is 11.6 Å². The number of amides is 1. The molecule has 144 valence electrons. The molecule has 8 heteroatoms. The molecule has 0 bridgehead atoms. The van der Waals surface area contributed by atoms with Crippen molar-refractivity contribution < 1.29 is 17.9 Å². The Morgan fingerprint density at radius 2 is 1.81 bits per heavy atom. The zero-order valence-electron chi connectivity index (χ0n) is 14.9. The van der Waals surface area contributed by atoms with Gasteiger partial charge in [-0.1, -0.05) is 23.7 Å². The van der Waals surface area contributed by atoms with Crippen molar-refractivity contribution in [3.63, 3.8) is 0 Å². The van der Waals surface area contributed by atoms with Crippen LogP contribution in [0.1, 0.15) is 29.6 Å². The fourth-order valence-electron chi connectivity index (χ4n) is 3.04.